The van der Waals surface area contributed by atoms with E-state index in [2.05, 4.69) is 0 Å². The van der Waals surface area contributed by atoms with Gasteiger partial charge in [-0.1, -0.05) is 18.2 Å². The molecule has 0 saturated carbocycles. The molecule has 1 aliphatic heterocycles. The maximum absolute atomic E-state index is 12.7. The number of nitrogens with zero attached hydrogens (tertiary/aromatic N) is 1. The van der Waals surface area contributed by atoms with Crippen LogP contribution in [0.1, 0.15) is 29.9 Å². The number of amides is 1. The molecule has 2 rings (SSSR count). The van der Waals surface area contributed by atoms with Crippen molar-refractivity contribution in [3.63, 3.8) is 0 Å². The molecular formula is C15H18F3NO2. The summed E-state index contributed by atoms with van der Waals surface area (Å²) in [6.07, 6.45) is -3.32. The van der Waals surface area contributed by atoms with Gasteiger partial charge in [-0.2, -0.15) is 13.2 Å². The van der Waals surface area contributed by atoms with Crippen molar-refractivity contribution >= 4 is 5.91 Å². The van der Waals surface area contributed by atoms with Gasteiger partial charge >= 0.3 is 6.18 Å². The van der Waals surface area contributed by atoms with Gasteiger partial charge in [0.05, 0.1) is 18.6 Å². The van der Waals surface area contributed by atoms with E-state index in [0.29, 0.717) is 38.1 Å². The summed E-state index contributed by atoms with van der Waals surface area (Å²) >= 11 is 0. The van der Waals surface area contributed by atoms with E-state index in [0.717, 1.165) is 6.07 Å². The van der Waals surface area contributed by atoms with E-state index >= 15 is 0 Å². The van der Waals surface area contributed by atoms with Crippen molar-refractivity contribution in [1.82, 2.24) is 4.90 Å². The fourth-order valence-electron chi connectivity index (χ4n) is 2.58. The largest absolute Gasteiger partial charge is 0.416 e. The van der Waals surface area contributed by atoms with Crippen LogP contribution < -0.4 is 0 Å². The molecule has 0 N–H and O–H groups in total. The molecule has 6 heteroatoms. The summed E-state index contributed by atoms with van der Waals surface area (Å²) in [4.78, 5) is 13.6. The topological polar surface area (TPSA) is 29.5 Å². The van der Waals surface area contributed by atoms with Crippen LogP contribution in [0.2, 0.25) is 0 Å². The average Bonchev–Trinajstić information content (AvgIpc) is 2.94. The maximum Gasteiger partial charge on any atom is 0.416 e. The highest BCUT2D eigenvalue weighted by Crippen LogP contribution is 2.33. The monoisotopic (exact) mass is 301 g/mol. The molecule has 1 aliphatic rings. The third kappa shape index (κ3) is 3.97. The maximum atomic E-state index is 12.7. The van der Waals surface area contributed by atoms with Crippen LogP contribution in [0.4, 0.5) is 13.2 Å². The van der Waals surface area contributed by atoms with E-state index in [4.69, 9.17) is 4.74 Å². The Morgan fingerprint density at radius 1 is 1.43 bits per heavy atom. The second-order valence-electron chi connectivity index (χ2n) is 5.19. The number of alkyl halides is 3. The van der Waals surface area contributed by atoms with Crippen LogP contribution in [0.5, 0.6) is 0 Å². The van der Waals surface area contributed by atoms with Crippen LogP contribution in [0.15, 0.2) is 24.3 Å². The van der Waals surface area contributed by atoms with Gasteiger partial charge in [-0.25, -0.2) is 0 Å². The Hall–Kier alpha value is -1.56. The molecule has 21 heavy (non-hydrogen) atoms. The lowest BCUT2D eigenvalue weighted by molar-refractivity contribution is -0.137. The lowest BCUT2D eigenvalue weighted by atomic mass is 9.96. The minimum atomic E-state index is -4.33. The summed E-state index contributed by atoms with van der Waals surface area (Å²) in [5.41, 5.74) is 0.0102. The van der Waals surface area contributed by atoms with Crippen LogP contribution in [0.3, 0.4) is 0 Å². The second-order valence-corrected chi connectivity index (χ2v) is 5.19. The minimum Gasteiger partial charge on any atom is -0.384 e. The Kier molecular flexibility index (Phi) is 4.88. The molecule has 1 fully saturated rings. The van der Waals surface area contributed by atoms with E-state index < -0.39 is 11.7 Å². The molecule has 1 aromatic carbocycles. The lowest BCUT2D eigenvalue weighted by Gasteiger charge is -2.17. The number of methoxy groups -OCH3 is 1. The normalized spacial score (nSPS) is 19.0. The van der Waals surface area contributed by atoms with Crippen molar-refractivity contribution < 1.29 is 22.7 Å². The van der Waals surface area contributed by atoms with Crippen molar-refractivity contribution in [3.05, 3.63) is 35.4 Å². The minimum absolute atomic E-state index is 0.00803. The fraction of sp³-hybridized carbons (Fsp3) is 0.533. The number of carbonyl (C=O) groups is 1. The number of hydrogen-bond donors (Lipinski definition) is 0. The summed E-state index contributed by atoms with van der Waals surface area (Å²) in [5.74, 6) is -0.0369. The number of likely N-dealkylation sites (tertiary alicyclic amines) is 1. The van der Waals surface area contributed by atoms with E-state index in [-0.39, 0.29) is 11.8 Å². The van der Waals surface area contributed by atoms with Crippen LogP contribution in [-0.2, 0) is 15.7 Å². The zero-order valence-electron chi connectivity index (χ0n) is 11.8. The Morgan fingerprint density at radius 2 is 2.19 bits per heavy atom. The van der Waals surface area contributed by atoms with Crippen molar-refractivity contribution in [2.24, 2.45) is 0 Å². The molecule has 1 atom stereocenters. The first-order chi connectivity index (χ1) is 9.91. The van der Waals surface area contributed by atoms with Crippen molar-refractivity contribution in [2.75, 3.05) is 26.8 Å². The first-order valence-corrected chi connectivity index (χ1v) is 6.85. The quantitative estimate of drug-likeness (QED) is 0.855. The molecule has 0 radical (unpaired) electrons. The number of hydrogen-bond acceptors (Lipinski definition) is 2. The van der Waals surface area contributed by atoms with E-state index in [9.17, 15) is 18.0 Å². The van der Waals surface area contributed by atoms with E-state index in [1.165, 1.54) is 19.2 Å². The van der Waals surface area contributed by atoms with E-state index in [1.54, 1.807) is 11.0 Å². The van der Waals surface area contributed by atoms with Gasteiger partial charge in [0.25, 0.3) is 0 Å². The lowest BCUT2D eigenvalue weighted by Crippen LogP contribution is -2.29. The predicted octanol–water partition coefficient (Wildman–Crippen LogP) is 3.06. The Morgan fingerprint density at radius 3 is 2.86 bits per heavy atom. The third-order valence-corrected chi connectivity index (χ3v) is 3.75. The SMILES string of the molecule is COCCC(=O)N1CCC(c2cccc(C(F)(F)F)c2)C1. The van der Waals surface area contributed by atoms with Gasteiger partial charge in [0.15, 0.2) is 0 Å². The highest BCUT2D eigenvalue weighted by atomic mass is 19.4. The molecule has 0 bridgehead atoms. The Balaban J connectivity index is 2.03. The van der Waals surface area contributed by atoms with Gasteiger partial charge in [-0.05, 0) is 18.1 Å². The molecule has 1 heterocycles. The summed E-state index contributed by atoms with van der Waals surface area (Å²) in [6.45, 7) is 1.43. The third-order valence-electron chi connectivity index (χ3n) is 3.75. The Labute approximate surface area is 121 Å². The van der Waals surface area contributed by atoms with Crippen molar-refractivity contribution in [1.29, 1.82) is 0 Å². The number of benzene rings is 1. The molecule has 116 valence electrons. The van der Waals surface area contributed by atoms with Crippen LogP contribution >= 0.6 is 0 Å². The number of rotatable bonds is 4. The van der Waals surface area contributed by atoms with Gasteiger partial charge in [0.2, 0.25) is 5.91 Å². The highest BCUT2D eigenvalue weighted by Gasteiger charge is 2.32. The average molecular weight is 301 g/mol. The molecule has 1 unspecified atom stereocenters. The molecule has 1 aromatic rings. The standard InChI is InChI=1S/C15H18F3NO2/c1-21-8-6-14(20)19-7-5-12(10-19)11-3-2-4-13(9-11)15(16,17)18/h2-4,9,12H,5-8,10H2,1H3. The van der Waals surface area contributed by atoms with E-state index in [1.807, 2.05) is 0 Å². The molecule has 0 spiro atoms. The molecule has 1 amide bonds. The van der Waals surface area contributed by atoms with Gasteiger partial charge in [-0.15, -0.1) is 0 Å². The zero-order valence-corrected chi connectivity index (χ0v) is 11.8. The molecule has 3 nitrogen and oxygen atoms in total. The van der Waals surface area contributed by atoms with Gasteiger partial charge in [0, 0.05) is 26.1 Å². The van der Waals surface area contributed by atoms with Crippen LogP contribution in [0, 0.1) is 0 Å². The fourth-order valence-corrected chi connectivity index (χ4v) is 2.58. The van der Waals surface area contributed by atoms with Crippen LogP contribution in [-0.4, -0.2) is 37.6 Å². The zero-order chi connectivity index (χ0) is 15.5. The first kappa shape index (κ1) is 15.8. The number of carbonyl (C=O) groups excluding carboxylic acids is 1. The summed E-state index contributed by atoms with van der Waals surface area (Å²) < 4.78 is 43.0. The number of halogens is 3. The second kappa shape index (κ2) is 6.47. The summed E-state index contributed by atoms with van der Waals surface area (Å²) in [6, 6.07) is 5.38. The molecule has 0 aromatic heterocycles. The van der Waals surface area contributed by atoms with Gasteiger partial charge in [-0.3, -0.25) is 4.79 Å². The molecule has 1 saturated heterocycles. The smallest absolute Gasteiger partial charge is 0.384 e. The number of ether oxygens (including phenoxy) is 1. The van der Waals surface area contributed by atoms with Crippen molar-refractivity contribution in [3.8, 4) is 0 Å². The highest BCUT2D eigenvalue weighted by molar-refractivity contribution is 5.76. The molecular weight excluding hydrogens is 283 g/mol. The van der Waals surface area contributed by atoms with Gasteiger partial charge < -0.3 is 9.64 Å². The summed E-state index contributed by atoms with van der Waals surface area (Å²) in [5, 5.41) is 0. The Bertz CT molecular complexity index is 502. The molecule has 0 aliphatic carbocycles. The van der Waals surface area contributed by atoms with Crippen molar-refractivity contribution in [2.45, 2.75) is 24.9 Å². The predicted molar refractivity (Wildman–Crippen MR) is 71.9 cm³/mol. The summed E-state index contributed by atoms with van der Waals surface area (Å²) in [7, 11) is 1.53. The van der Waals surface area contributed by atoms with Crippen LogP contribution in [0.25, 0.3) is 0 Å². The first-order valence-electron chi connectivity index (χ1n) is 6.85. The van der Waals surface area contributed by atoms with Gasteiger partial charge in [0.1, 0.15) is 0 Å².